The van der Waals surface area contributed by atoms with Gasteiger partial charge in [0.15, 0.2) is 0 Å². The Morgan fingerprint density at radius 3 is 2.81 bits per heavy atom. The van der Waals surface area contributed by atoms with Gasteiger partial charge in [-0.15, -0.1) is 0 Å². The minimum atomic E-state index is -0.195. The smallest absolute Gasteiger partial charge is 0.247 e. The van der Waals surface area contributed by atoms with Crippen molar-refractivity contribution >= 4 is 23.0 Å². The number of carbonyl (C=O) groups excluding carboxylic acids is 1. The van der Waals surface area contributed by atoms with Crippen LogP contribution in [0.25, 0.3) is 0 Å². The van der Waals surface area contributed by atoms with Gasteiger partial charge in [-0.2, -0.15) is 0 Å². The molecule has 4 heteroatoms. The molecule has 0 radical (unpaired) electrons. The summed E-state index contributed by atoms with van der Waals surface area (Å²) in [6.07, 6.45) is 1.67. The number of hydrogen-bond donors (Lipinski definition) is 2. The molecule has 1 unspecified atom stereocenters. The van der Waals surface area contributed by atoms with Gasteiger partial charge in [-0.3, -0.25) is 4.79 Å². The summed E-state index contributed by atoms with van der Waals surface area (Å²) < 4.78 is 0. The maximum absolute atomic E-state index is 12.5. The lowest BCUT2D eigenvalue weighted by Crippen LogP contribution is -2.41. The first-order chi connectivity index (χ1) is 10.1. The van der Waals surface area contributed by atoms with Gasteiger partial charge in [-0.05, 0) is 42.7 Å². The van der Waals surface area contributed by atoms with Crippen LogP contribution >= 0.6 is 0 Å². The summed E-state index contributed by atoms with van der Waals surface area (Å²) in [5.41, 5.74) is 9.61. The van der Waals surface area contributed by atoms with Crippen LogP contribution in [0.3, 0.4) is 0 Å². The number of nitrogen functional groups attached to an aromatic ring is 1. The largest absolute Gasteiger partial charge is 0.399 e. The summed E-state index contributed by atoms with van der Waals surface area (Å²) in [5.74, 6) is 0.0323. The molecule has 0 fully saturated rings. The molecule has 1 amide bonds. The first kappa shape index (κ1) is 13.5. The molecule has 1 atom stereocenters. The molecule has 0 aromatic heterocycles. The van der Waals surface area contributed by atoms with Crippen molar-refractivity contribution in [3.05, 3.63) is 54.1 Å². The molecular weight excluding hydrogens is 262 g/mol. The number of amides is 1. The Hall–Kier alpha value is -2.49. The number of rotatable bonds is 2. The zero-order valence-corrected chi connectivity index (χ0v) is 12.0. The second-order valence-corrected chi connectivity index (χ2v) is 5.41. The molecule has 0 spiro atoms. The van der Waals surface area contributed by atoms with Crippen molar-refractivity contribution < 1.29 is 4.79 Å². The van der Waals surface area contributed by atoms with Crippen molar-refractivity contribution in [2.75, 3.05) is 23.0 Å². The highest BCUT2D eigenvalue weighted by Gasteiger charge is 2.27. The number of hydrogen-bond acceptors (Lipinski definition) is 3. The van der Waals surface area contributed by atoms with E-state index in [0.717, 1.165) is 24.2 Å². The lowest BCUT2D eigenvalue weighted by atomic mass is 10.0. The van der Waals surface area contributed by atoms with Gasteiger partial charge in [0, 0.05) is 24.1 Å². The third kappa shape index (κ3) is 2.70. The van der Waals surface area contributed by atoms with Gasteiger partial charge in [-0.25, -0.2) is 0 Å². The molecule has 1 aliphatic heterocycles. The van der Waals surface area contributed by atoms with Gasteiger partial charge in [0.2, 0.25) is 5.91 Å². The fourth-order valence-corrected chi connectivity index (χ4v) is 2.79. The molecule has 1 aliphatic rings. The number of para-hydroxylation sites is 1. The van der Waals surface area contributed by atoms with Crippen molar-refractivity contribution in [3.63, 3.8) is 0 Å². The summed E-state index contributed by atoms with van der Waals surface area (Å²) in [6, 6.07) is 15.4. The van der Waals surface area contributed by atoms with Crippen molar-refractivity contribution in [3.8, 4) is 0 Å². The Balaban J connectivity index is 1.85. The van der Waals surface area contributed by atoms with E-state index >= 15 is 0 Å². The highest BCUT2D eigenvalue weighted by Crippen LogP contribution is 2.26. The molecule has 0 saturated carbocycles. The summed E-state index contributed by atoms with van der Waals surface area (Å²) in [6.45, 7) is 0. The summed E-state index contributed by atoms with van der Waals surface area (Å²) in [7, 11) is 1.94. The summed E-state index contributed by atoms with van der Waals surface area (Å²) >= 11 is 0. The molecule has 2 aromatic carbocycles. The molecule has 0 aliphatic carbocycles. The van der Waals surface area contributed by atoms with E-state index in [4.69, 9.17) is 5.73 Å². The van der Waals surface area contributed by atoms with Crippen LogP contribution in [0.15, 0.2) is 48.5 Å². The minimum absolute atomic E-state index is 0.0323. The van der Waals surface area contributed by atoms with Crippen LogP contribution in [-0.4, -0.2) is 19.0 Å². The van der Waals surface area contributed by atoms with Crippen molar-refractivity contribution in [1.29, 1.82) is 0 Å². The highest BCUT2D eigenvalue weighted by atomic mass is 16.2. The average Bonchev–Trinajstić information content (AvgIpc) is 2.65. The monoisotopic (exact) mass is 281 g/mol. The van der Waals surface area contributed by atoms with Gasteiger partial charge in [0.25, 0.3) is 0 Å². The number of aryl methyl sites for hydroxylation is 1. The summed E-state index contributed by atoms with van der Waals surface area (Å²) in [5, 5.41) is 3.03. The fourth-order valence-electron chi connectivity index (χ4n) is 2.79. The average molecular weight is 281 g/mol. The zero-order valence-electron chi connectivity index (χ0n) is 12.0. The Bertz CT molecular complexity index is 669. The number of carbonyl (C=O) groups is 1. The number of benzene rings is 2. The Labute approximate surface area is 124 Å². The van der Waals surface area contributed by atoms with Crippen LogP contribution in [0.4, 0.5) is 17.1 Å². The van der Waals surface area contributed by atoms with Gasteiger partial charge < -0.3 is 16.0 Å². The zero-order chi connectivity index (χ0) is 14.8. The molecule has 0 bridgehead atoms. The molecule has 0 saturated heterocycles. The van der Waals surface area contributed by atoms with E-state index in [1.54, 1.807) is 0 Å². The number of nitrogens with one attached hydrogen (secondary N) is 1. The lowest BCUT2D eigenvalue weighted by Gasteiger charge is -2.28. The highest BCUT2D eigenvalue weighted by molar-refractivity contribution is 5.98. The SMILES string of the molecule is CN(c1cccc(N)c1)C1CCc2ccccc2NC1=O. The number of nitrogens with two attached hydrogens (primary N) is 1. The van der Waals surface area contributed by atoms with E-state index in [9.17, 15) is 4.79 Å². The van der Waals surface area contributed by atoms with Gasteiger partial charge in [0.05, 0.1) is 0 Å². The first-order valence-corrected chi connectivity index (χ1v) is 7.12. The van der Waals surface area contributed by atoms with Crippen LogP contribution in [0.2, 0.25) is 0 Å². The standard InChI is InChI=1S/C17H19N3O/c1-20(14-7-4-6-13(18)11-14)16-10-9-12-5-2-3-8-15(12)19-17(16)21/h2-8,11,16H,9-10,18H2,1H3,(H,19,21). The maximum Gasteiger partial charge on any atom is 0.247 e. The van der Waals surface area contributed by atoms with E-state index in [1.165, 1.54) is 5.56 Å². The number of likely N-dealkylation sites (N-methyl/N-ethyl adjacent to an activating group) is 1. The van der Waals surface area contributed by atoms with E-state index in [-0.39, 0.29) is 11.9 Å². The summed E-state index contributed by atoms with van der Waals surface area (Å²) in [4.78, 5) is 14.5. The molecule has 2 aromatic rings. The molecule has 3 N–H and O–H groups in total. The van der Waals surface area contributed by atoms with Crippen molar-refractivity contribution in [2.45, 2.75) is 18.9 Å². The molecule has 1 heterocycles. The maximum atomic E-state index is 12.5. The third-order valence-electron chi connectivity index (χ3n) is 4.01. The second kappa shape index (κ2) is 5.48. The number of nitrogens with zero attached hydrogens (tertiary/aromatic N) is 1. The molecule has 21 heavy (non-hydrogen) atoms. The Kier molecular flexibility index (Phi) is 3.52. The van der Waals surface area contributed by atoms with Crippen molar-refractivity contribution in [2.24, 2.45) is 0 Å². The van der Waals surface area contributed by atoms with Gasteiger partial charge in [0.1, 0.15) is 6.04 Å². The Morgan fingerprint density at radius 2 is 2.00 bits per heavy atom. The number of anilines is 3. The quantitative estimate of drug-likeness (QED) is 0.832. The molecule has 4 nitrogen and oxygen atoms in total. The Morgan fingerprint density at radius 1 is 1.19 bits per heavy atom. The van der Waals surface area contributed by atoms with Crippen molar-refractivity contribution in [1.82, 2.24) is 0 Å². The molecular formula is C17H19N3O. The van der Waals surface area contributed by atoms with Crippen LogP contribution in [0.5, 0.6) is 0 Å². The second-order valence-electron chi connectivity index (χ2n) is 5.41. The normalized spacial score (nSPS) is 17.6. The van der Waals surface area contributed by atoms with Crippen LogP contribution < -0.4 is 16.0 Å². The van der Waals surface area contributed by atoms with Crippen LogP contribution in [0.1, 0.15) is 12.0 Å². The molecule has 108 valence electrons. The minimum Gasteiger partial charge on any atom is -0.399 e. The lowest BCUT2D eigenvalue weighted by molar-refractivity contribution is -0.117. The van der Waals surface area contributed by atoms with Gasteiger partial charge >= 0.3 is 0 Å². The van der Waals surface area contributed by atoms with E-state index in [1.807, 2.05) is 54.4 Å². The van der Waals surface area contributed by atoms with E-state index < -0.39 is 0 Å². The predicted octanol–water partition coefficient (Wildman–Crippen LogP) is 2.66. The van der Waals surface area contributed by atoms with Crippen LogP contribution in [0, 0.1) is 0 Å². The van der Waals surface area contributed by atoms with E-state index in [0.29, 0.717) is 5.69 Å². The van der Waals surface area contributed by atoms with E-state index in [2.05, 4.69) is 11.4 Å². The fraction of sp³-hybridized carbons (Fsp3) is 0.235. The predicted molar refractivity (Wildman–Crippen MR) is 86.4 cm³/mol. The van der Waals surface area contributed by atoms with Crippen LogP contribution in [-0.2, 0) is 11.2 Å². The van der Waals surface area contributed by atoms with Gasteiger partial charge in [-0.1, -0.05) is 24.3 Å². The topological polar surface area (TPSA) is 58.4 Å². The molecule has 3 rings (SSSR count). The first-order valence-electron chi connectivity index (χ1n) is 7.12. The number of fused-ring (bicyclic) bond motifs is 1. The third-order valence-corrected chi connectivity index (χ3v) is 4.01.